The zero-order valence-corrected chi connectivity index (χ0v) is 14.8. The highest BCUT2D eigenvalue weighted by molar-refractivity contribution is 5.62. The molecular formula is C20H27N5. The highest BCUT2D eigenvalue weighted by Gasteiger charge is 2.19. The summed E-state index contributed by atoms with van der Waals surface area (Å²) in [6.45, 7) is 4.32. The molecule has 0 aliphatic carbocycles. The van der Waals surface area contributed by atoms with Gasteiger partial charge in [0.25, 0.3) is 0 Å². The van der Waals surface area contributed by atoms with E-state index >= 15 is 0 Å². The Morgan fingerprint density at radius 1 is 0.720 bits per heavy atom. The number of benzene rings is 1. The normalized spacial score (nSPS) is 18.2. The number of hydrogen-bond acceptors (Lipinski definition) is 5. The number of para-hydroxylation sites is 1. The van der Waals surface area contributed by atoms with Crippen LogP contribution in [0.2, 0.25) is 0 Å². The molecule has 0 bridgehead atoms. The van der Waals surface area contributed by atoms with Crippen LogP contribution in [0.1, 0.15) is 38.5 Å². The molecule has 4 rings (SSSR count). The monoisotopic (exact) mass is 337 g/mol. The number of rotatable bonds is 4. The molecule has 2 aliphatic heterocycles. The third kappa shape index (κ3) is 4.03. The van der Waals surface area contributed by atoms with E-state index in [4.69, 9.17) is 9.97 Å². The van der Waals surface area contributed by atoms with Crippen molar-refractivity contribution in [3.63, 3.8) is 0 Å². The number of aromatic nitrogens is 2. The van der Waals surface area contributed by atoms with E-state index < -0.39 is 0 Å². The van der Waals surface area contributed by atoms with E-state index in [1.165, 1.54) is 38.5 Å². The Labute approximate surface area is 150 Å². The summed E-state index contributed by atoms with van der Waals surface area (Å²) in [5.74, 6) is 2.83. The maximum absolute atomic E-state index is 4.92. The summed E-state index contributed by atoms with van der Waals surface area (Å²) >= 11 is 0. The van der Waals surface area contributed by atoms with E-state index in [1.807, 2.05) is 18.2 Å². The van der Waals surface area contributed by atoms with Crippen LogP contribution in [0, 0.1) is 0 Å². The Balaban J connectivity index is 1.64. The molecule has 5 heteroatoms. The molecule has 0 unspecified atom stereocenters. The summed E-state index contributed by atoms with van der Waals surface area (Å²) in [6, 6.07) is 12.4. The summed E-state index contributed by atoms with van der Waals surface area (Å²) in [4.78, 5) is 14.5. The van der Waals surface area contributed by atoms with Crippen LogP contribution in [-0.4, -0.2) is 36.1 Å². The lowest BCUT2D eigenvalue weighted by atomic mass is 10.1. The molecule has 132 valence electrons. The van der Waals surface area contributed by atoms with Crippen LogP contribution in [0.5, 0.6) is 0 Å². The lowest BCUT2D eigenvalue weighted by molar-refractivity contribution is 0.561. The smallest absolute Gasteiger partial charge is 0.229 e. The molecule has 1 aromatic heterocycles. The van der Waals surface area contributed by atoms with Gasteiger partial charge in [-0.15, -0.1) is 0 Å². The predicted molar refractivity (Wildman–Crippen MR) is 104 cm³/mol. The van der Waals surface area contributed by atoms with E-state index in [2.05, 4.69) is 33.3 Å². The Bertz CT molecular complexity index is 639. The lowest BCUT2D eigenvalue weighted by Gasteiger charge is -2.31. The van der Waals surface area contributed by atoms with Crippen LogP contribution < -0.4 is 15.1 Å². The molecule has 0 radical (unpaired) electrons. The van der Waals surface area contributed by atoms with Crippen molar-refractivity contribution in [2.45, 2.75) is 38.5 Å². The fraction of sp³-hybridized carbons (Fsp3) is 0.500. The van der Waals surface area contributed by atoms with Crippen molar-refractivity contribution < 1.29 is 0 Å². The molecule has 0 spiro atoms. The molecule has 5 nitrogen and oxygen atoms in total. The molecule has 1 aromatic carbocycles. The minimum absolute atomic E-state index is 0.876. The van der Waals surface area contributed by atoms with Crippen molar-refractivity contribution in [1.82, 2.24) is 9.97 Å². The summed E-state index contributed by atoms with van der Waals surface area (Å²) in [5, 5.41) is 3.46. The highest BCUT2D eigenvalue weighted by Crippen LogP contribution is 2.26. The summed E-state index contributed by atoms with van der Waals surface area (Å²) < 4.78 is 0. The Kier molecular flexibility index (Phi) is 5.00. The molecule has 1 N–H and O–H groups in total. The number of nitrogens with one attached hydrogen (secondary N) is 1. The molecule has 2 aliphatic rings. The first kappa shape index (κ1) is 16.2. The quantitative estimate of drug-likeness (QED) is 0.906. The lowest BCUT2D eigenvalue weighted by Crippen LogP contribution is -2.33. The van der Waals surface area contributed by atoms with Crippen LogP contribution in [0.15, 0.2) is 36.4 Å². The fourth-order valence-corrected chi connectivity index (χ4v) is 3.68. The Morgan fingerprint density at radius 2 is 1.36 bits per heavy atom. The third-order valence-corrected chi connectivity index (χ3v) is 5.07. The van der Waals surface area contributed by atoms with Gasteiger partial charge in [0.2, 0.25) is 5.95 Å². The standard InChI is InChI=1S/C20H27N5/c1-4-10-17(11-5-1)21-18-16-19(24-12-6-2-7-13-24)23-20(22-18)25-14-8-3-9-15-25/h1,4-5,10-11,16H,2-3,6-9,12-15H2,(H,21,22,23). The van der Waals surface area contributed by atoms with Gasteiger partial charge >= 0.3 is 0 Å². The number of hydrogen-bond donors (Lipinski definition) is 1. The molecular weight excluding hydrogens is 310 g/mol. The average molecular weight is 337 g/mol. The highest BCUT2D eigenvalue weighted by atomic mass is 15.3. The van der Waals surface area contributed by atoms with Crippen molar-refractivity contribution in [1.29, 1.82) is 0 Å². The summed E-state index contributed by atoms with van der Waals surface area (Å²) in [7, 11) is 0. The van der Waals surface area contributed by atoms with Gasteiger partial charge in [0.15, 0.2) is 0 Å². The zero-order valence-electron chi connectivity index (χ0n) is 14.8. The first-order valence-electron chi connectivity index (χ1n) is 9.59. The molecule has 25 heavy (non-hydrogen) atoms. The molecule has 0 atom stereocenters. The van der Waals surface area contributed by atoms with Gasteiger partial charge in [-0.25, -0.2) is 0 Å². The Hall–Kier alpha value is -2.30. The summed E-state index contributed by atoms with van der Waals surface area (Å²) in [5.41, 5.74) is 1.07. The molecule has 2 fully saturated rings. The zero-order chi connectivity index (χ0) is 16.9. The average Bonchev–Trinajstić information content (AvgIpc) is 2.70. The van der Waals surface area contributed by atoms with E-state index in [1.54, 1.807) is 0 Å². The van der Waals surface area contributed by atoms with E-state index in [0.29, 0.717) is 0 Å². The SMILES string of the molecule is c1ccc(Nc2cc(N3CCCCC3)nc(N3CCCCC3)n2)cc1. The van der Waals surface area contributed by atoms with Gasteiger partial charge in [0.1, 0.15) is 11.6 Å². The van der Waals surface area contributed by atoms with E-state index in [-0.39, 0.29) is 0 Å². The predicted octanol–water partition coefficient (Wildman–Crippen LogP) is 4.20. The largest absolute Gasteiger partial charge is 0.356 e. The maximum atomic E-state index is 4.92. The first-order chi connectivity index (χ1) is 12.4. The van der Waals surface area contributed by atoms with Gasteiger partial charge in [-0.2, -0.15) is 9.97 Å². The number of piperidine rings is 2. The molecule has 2 aromatic rings. The second kappa shape index (κ2) is 7.72. The van der Waals surface area contributed by atoms with Gasteiger partial charge in [0, 0.05) is 37.9 Å². The third-order valence-electron chi connectivity index (χ3n) is 5.07. The van der Waals surface area contributed by atoms with Gasteiger partial charge in [-0.05, 0) is 50.7 Å². The molecule has 2 saturated heterocycles. The van der Waals surface area contributed by atoms with Gasteiger partial charge in [-0.1, -0.05) is 18.2 Å². The fourth-order valence-electron chi connectivity index (χ4n) is 3.68. The number of anilines is 4. The summed E-state index contributed by atoms with van der Waals surface area (Å²) in [6.07, 6.45) is 7.62. The van der Waals surface area contributed by atoms with E-state index in [0.717, 1.165) is 49.5 Å². The number of nitrogens with zero attached hydrogens (tertiary/aromatic N) is 4. The van der Waals surface area contributed by atoms with Crippen molar-refractivity contribution in [2.75, 3.05) is 41.3 Å². The van der Waals surface area contributed by atoms with Crippen LogP contribution in [0.3, 0.4) is 0 Å². The second-order valence-electron chi connectivity index (χ2n) is 7.00. The Morgan fingerprint density at radius 3 is 2.04 bits per heavy atom. The van der Waals surface area contributed by atoms with Crippen molar-refractivity contribution >= 4 is 23.3 Å². The van der Waals surface area contributed by atoms with Gasteiger partial charge in [0.05, 0.1) is 0 Å². The van der Waals surface area contributed by atoms with Gasteiger partial charge < -0.3 is 15.1 Å². The van der Waals surface area contributed by atoms with Crippen LogP contribution in [-0.2, 0) is 0 Å². The van der Waals surface area contributed by atoms with Crippen LogP contribution >= 0.6 is 0 Å². The van der Waals surface area contributed by atoms with Crippen molar-refractivity contribution in [2.24, 2.45) is 0 Å². The van der Waals surface area contributed by atoms with Crippen LogP contribution in [0.25, 0.3) is 0 Å². The molecule has 0 saturated carbocycles. The minimum Gasteiger partial charge on any atom is -0.356 e. The maximum Gasteiger partial charge on any atom is 0.229 e. The second-order valence-corrected chi connectivity index (χ2v) is 7.00. The van der Waals surface area contributed by atoms with Crippen molar-refractivity contribution in [3.05, 3.63) is 36.4 Å². The minimum atomic E-state index is 0.876. The first-order valence-corrected chi connectivity index (χ1v) is 9.59. The van der Waals surface area contributed by atoms with Crippen LogP contribution in [0.4, 0.5) is 23.3 Å². The van der Waals surface area contributed by atoms with E-state index in [9.17, 15) is 0 Å². The molecule has 3 heterocycles. The topological polar surface area (TPSA) is 44.3 Å². The van der Waals surface area contributed by atoms with Crippen molar-refractivity contribution in [3.8, 4) is 0 Å². The van der Waals surface area contributed by atoms with Gasteiger partial charge in [-0.3, -0.25) is 0 Å². The molecule has 0 amide bonds.